The lowest BCUT2D eigenvalue weighted by Crippen LogP contribution is -2.13. The lowest BCUT2D eigenvalue weighted by atomic mass is 9.92. The van der Waals surface area contributed by atoms with Crippen molar-refractivity contribution in [3.8, 4) is 0 Å². The third-order valence-corrected chi connectivity index (χ3v) is 2.91. The maximum Gasteiger partial charge on any atom is 0.203 e. The van der Waals surface area contributed by atoms with E-state index in [1.54, 1.807) is 0 Å². The van der Waals surface area contributed by atoms with Gasteiger partial charge in [-0.1, -0.05) is 20.8 Å². The number of hydrogen-bond donors (Lipinski definition) is 1. The van der Waals surface area contributed by atoms with Crippen molar-refractivity contribution in [1.29, 1.82) is 0 Å². The fourth-order valence-corrected chi connectivity index (χ4v) is 1.70. The standard InChI is InChI=1S/C13H23N3/c1-10-9-16(8-7-13(2,3)4)12(14-10)15-11-5-6-11/h9,11H,5-8H2,1-4H3,(H,14,15). The predicted octanol–water partition coefficient (Wildman–Crippen LogP) is 3.20. The van der Waals surface area contributed by atoms with E-state index >= 15 is 0 Å². The van der Waals surface area contributed by atoms with E-state index in [2.05, 4.69) is 48.8 Å². The van der Waals surface area contributed by atoms with Crippen LogP contribution in [0.4, 0.5) is 5.95 Å². The van der Waals surface area contributed by atoms with Gasteiger partial charge in [-0.05, 0) is 31.6 Å². The van der Waals surface area contributed by atoms with Crippen LogP contribution in [0.25, 0.3) is 0 Å². The van der Waals surface area contributed by atoms with Crippen LogP contribution in [0.2, 0.25) is 0 Å². The molecule has 1 fully saturated rings. The topological polar surface area (TPSA) is 29.9 Å². The van der Waals surface area contributed by atoms with Gasteiger partial charge >= 0.3 is 0 Å². The summed E-state index contributed by atoms with van der Waals surface area (Å²) in [6.07, 6.45) is 5.93. The van der Waals surface area contributed by atoms with Gasteiger partial charge in [0.05, 0.1) is 5.69 Å². The molecule has 3 heteroatoms. The molecule has 0 radical (unpaired) electrons. The Morgan fingerprint density at radius 2 is 2.12 bits per heavy atom. The minimum Gasteiger partial charge on any atom is -0.353 e. The number of rotatable bonds is 4. The van der Waals surface area contributed by atoms with Crippen LogP contribution in [0.3, 0.4) is 0 Å². The van der Waals surface area contributed by atoms with E-state index in [1.807, 2.05) is 0 Å². The number of nitrogens with one attached hydrogen (secondary N) is 1. The van der Waals surface area contributed by atoms with Gasteiger partial charge in [-0.3, -0.25) is 0 Å². The minimum absolute atomic E-state index is 0.384. The van der Waals surface area contributed by atoms with E-state index in [4.69, 9.17) is 0 Å². The Bertz CT molecular complexity index is 356. The molecule has 0 saturated heterocycles. The molecule has 0 unspecified atom stereocenters. The van der Waals surface area contributed by atoms with Crippen LogP contribution < -0.4 is 5.32 Å². The van der Waals surface area contributed by atoms with Crippen LogP contribution in [0, 0.1) is 12.3 Å². The molecule has 1 aromatic heterocycles. The van der Waals surface area contributed by atoms with Crippen molar-refractivity contribution in [2.45, 2.75) is 59.5 Å². The monoisotopic (exact) mass is 221 g/mol. The van der Waals surface area contributed by atoms with Gasteiger partial charge in [0.2, 0.25) is 5.95 Å². The zero-order valence-electron chi connectivity index (χ0n) is 10.9. The number of aryl methyl sites for hydroxylation is 2. The molecule has 1 aliphatic rings. The molecule has 1 saturated carbocycles. The Kier molecular flexibility index (Phi) is 2.96. The van der Waals surface area contributed by atoms with E-state index in [0.717, 1.165) is 18.2 Å². The van der Waals surface area contributed by atoms with Crippen LogP contribution in [-0.2, 0) is 6.54 Å². The molecule has 0 spiro atoms. The van der Waals surface area contributed by atoms with Crippen LogP contribution >= 0.6 is 0 Å². The Hall–Kier alpha value is -0.990. The van der Waals surface area contributed by atoms with Crippen molar-refractivity contribution in [2.24, 2.45) is 5.41 Å². The number of imidazole rings is 1. The van der Waals surface area contributed by atoms with Gasteiger partial charge in [0.1, 0.15) is 0 Å². The molecule has 1 aliphatic carbocycles. The maximum atomic E-state index is 4.54. The van der Waals surface area contributed by atoms with Gasteiger partial charge in [0.15, 0.2) is 0 Å². The largest absolute Gasteiger partial charge is 0.353 e. The van der Waals surface area contributed by atoms with Crippen LogP contribution in [0.5, 0.6) is 0 Å². The first-order chi connectivity index (χ1) is 7.44. The summed E-state index contributed by atoms with van der Waals surface area (Å²) in [6, 6.07) is 0.676. The second-order valence-corrected chi connectivity index (χ2v) is 6.13. The average molecular weight is 221 g/mol. The molecule has 0 aromatic carbocycles. The third-order valence-electron chi connectivity index (χ3n) is 2.91. The highest BCUT2D eigenvalue weighted by atomic mass is 15.2. The molecule has 0 bridgehead atoms. The zero-order valence-corrected chi connectivity index (χ0v) is 10.9. The average Bonchev–Trinajstić information content (AvgIpc) is 2.86. The predicted molar refractivity (Wildman–Crippen MR) is 67.7 cm³/mol. The van der Waals surface area contributed by atoms with E-state index < -0.39 is 0 Å². The zero-order chi connectivity index (χ0) is 11.8. The molecule has 1 heterocycles. The Morgan fingerprint density at radius 1 is 1.44 bits per heavy atom. The highest BCUT2D eigenvalue weighted by molar-refractivity contribution is 5.32. The molecule has 0 aliphatic heterocycles. The van der Waals surface area contributed by atoms with E-state index in [1.165, 1.54) is 19.3 Å². The second kappa shape index (κ2) is 4.11. The number of anilines is 1. The van der Waals surface area contributed by atoms with E-state index in [9.17, 15) is 0 Å². The summed E-state index contributed by atoms with van der Waals surface area (Å²) in [5, 5.41) is 3.49. The number of aromatic nitrogens is 2. The molecular weight excluding hydrogens is 198 g/mol. The first-order valence-corrected chi connectivity index (χ1v) is 6.24. The summed E-state index contributed by atoms with van der Waals surface area (Å²) in [6.45, 7) is 9.96. The number of nitrogens with zero attached hydrogens (tertiary/aromatic N) is 2. The van der Waals surface area contributed by atoms with Crippen molar-refractivity contribution in [2.75, 3.05) is 5.32 Å². The molecule has 1 aromatic rings. The van der Waals surface area contributed by atoms with Crippen molar-refractivity contribution >= 4 is 5.95 Å². The van der Waals surface area contributed by atoms with Gasteiger partial charge in [-0.25, -0.2) is 4.98 Å². The molecule has 16 heavy (non-hydrogen) atoms. The van der Waals surface area contributed by atoms with Crippen molar-refractivity contribution in [1.82, 2.24) is 9.55 Å². The summed E-state index contributed by atoms with van der Waals surface area (Å²) < 4.78 is 2.26. The van der Waals surface area contributed by atoms with Gasteiger partial charge in [-0.2, -0.15) is 0 Å². The fraction of sp³-hybridized carbons (Fsp3) is 0.769. The molecule has 1 N–H and O–H groups in total. The van der Waals surface area contributed by atoms with Crippen LogP contribution in [-0.4, -0.2) is 15.6 Å². The van der Waals surface area contributed by atoms with Crippen molar-refractivity contribution in [3.05, 3.63) is 11.9 Å². The normalized spacial score (nSPS) is 16.5. The summed E-state index contributed by atoms with van der Waals surface area (Å²) in [4.78, 5) is 4.54. The fourth-order valence-electron chi connectivity index (χ4n) is 1.70. The molecule has 2 rings (SSSR count). The third kappa shape index (κ3) is 3.26. The van der Waals surface area contributed by atoms with Gasteiger partial charge < -0.3 is 9.88 Å². The first kappa shape index (κ1) is 11.5. The SMILES string of the molecule is Cc1cn(CCC(C)(C)C)c(NC2CC2)n1. The van der Waals surface area contributed by atoms with Crippen molar-refractivity contribution in [3.63, 3.8) is 0 Å². The Balaban J connectivity index is 2.00. The quantitative estimate of drug-likeness (QED) is 0.846. The smallest absolute Gasteiger partial charge is 0.203 e. The maximum absolute atomic E-state index is 4.54. The van der Waals surface area contributed by atoms with Crippen LogP contribution in [0.1, 0.15) is 45.7 Å². The highest BCUT2D eigenvalue weighted by Gasteiger charge is 2.23. The van der Waals surface area contributed by atoms with E-state index in [0.29, 0.717) is 11.5 Å². The summed E-state index contributed by atoms with van der Waals surface area (Å²) in [5.74, 6) is 1.06. The summed E-state index contributed by atoms with van der Waals surface area (Å²) in [5.41, 5.74) is 1.49. The van der Waals surface area contributed by atoms with E-state index in [-0.39, 0.29) is 0 Å². The Labute approximate surface area is 98.3 Å². The van der Waals surface area contributed by atoms with Gasteiger partial charge in [0, 0.05) is 18.8 Å². The summed E-state index contributed by atoms with van der Waals surface area (Å²) in [7, 11) is 0. The first-order valence-electron chi connectivity index (χ1n) is 6.24. The number of hydrogen-bond acceptors (Lipinski definition) is 2. The second-order valence-electron chi connectivity index (χ2n) is 6.13. The molecule has 0 amide bonds. The summed E-state index contributed by atoms with van der Waals surface area (Å²) >= 11 is 0. The van der Waals surface area contributed by atoms with Gasteiger partial charge in [0.25, 0.3) is 0 Å². The Morgan fingerprint density at radius 3 is 2.69 bits per heavy atom. The van der Waals surface area contributed by atoms with Crippen LogP contribution in [0.15, 0.2) is 6.20 Å². The molecule has 90 valence electrons. The van der Waals surface area contributed by atoms with Gasteiger partial charge in [-0.15, -0.1) is 0 Å². The lowest BCUT2D eigenvalue weighted by Gasteiger charge is -2.19. The lowest BCUT2D eigenvalue weighted by molar-refractivity contribution is 0.351. The highest BCUT2D eigenvalue weighted by Crippen LogP contribution is 2.26. The molecular formula is C13H23N3. The minimum atomic E-state index is 0.384. The molecule has 3 nitrogen and oxygen atoms in total. The van der Waals surface area contributed by atoms with Crippen molar-refractivity contribution < 1.29 is 0 Å². The molecule has 0 atom stereocenters.